The molecule has 1 heterocycles. The molecule has 1 aliphatic heterocycles. The summed E-state index contributed by atoms with van der Waals surface area (Å²) in [5.74, 6) is -0.159. The van der Waals surface area contributed by atoms with Crippen LogP contribution in [0.1, 0.15) is 11.1 Å². The van der Waals surface area contributed by atoms with Crippen LogP contribution in [0.2, 0.25) is 0 Å². The Balaban J connectivity index is 1.52. The largest absolute Gasteiger partial charge is 0.488 e. The maximum atomic E-state index is 12.5. The topological polar surface area (TPSA) is 49.9 Å². The molecule has 3 aromatic carbocycles. The second-order valence-electron chi connectivity index (χ2n) is 7.23. The predicted octanol–water partition coefficient (Wildman–Crippen LogP) is 4.78. The molecule has 0 spiro atoms. The second-order valence-corrected chi connectivity index (χ2v) is 8.45. The van der Waals surface area contributed by atoms with Crippen LogP contribution >= 0.6 is 28.1 Å². The van der Waals surface area contributed by atoms with E-state index in [2.05, 4.69) is 40.2 Å². The first-order chi connectivity index (χ1) is 14.8. The van der Waals surface area contributed by atoms with Gasteiger partial charge in [-0.2, -0.15) is 0 Å². The Bertz CT molecular complexity index is 1230. The van der Waals surface area contributed by atoms with Crippen LogP contribution in [0.4, 0.5) is 0 Å². The second kappa shape index (κ2) is 8.61. The quantitative estimate of drug-likeness (QED) is 0.297. The van der Waals surface area contributed by atoms with Gasteiger partial charge in [0.1, 0.15) is 17.9 Å². The van der Waals surface area contributed by atoms with E-state index in [1.807, 2.05) is 30.3 Å². The van der Waals surface area contributed by atoms with Crippen molar-refractivity contribution in [2.75, 3.05) is 14.1 Å². The molecular weight excluding hydrogens is 476 g/mol. The van der Waals surface area contributed by atoms with E-state index in [-0.39, 0.29) is 10.7 Å². The molecule has 4 rings (SSSR count). The Morgan fingerprint density at radius 1 is 0.935 bits per heavy atom. The third-order valence-electron chi connectivity index (χ3n) is 5.12. The Morgan fingerprint density at radius 2 is 1.61 bits per heavy atom. The number of hydrogen-bond donors (Lipinski definition) is 0. The van der Waals surface area contributed by atoms with Crippen LogP contribution in [-0.2, 0) is 16.2 Å². The first-order valence-corrected chi connectivity index (χ1v) is 10.8. The number of ether oxygens (including phenoxy) is 1. The fourth-order valence-corrected chi connectivity index (χ4v) is 4.03. The lowest BCUT2D eigenvalue weighted by Gasteiger charge is -2.31. The molecule has 0 atom stereocenters. The number of benzene rings is 3. The summed E-state index contributed by atoms with van der Waals surface area (Å²) in [6.45, 7) is 0.424. The maximum absolute atomic E-state index is 12.5. The zero-order valence-corrected chi connectivity index (χ0v) is 19.4. The van der Waals surface area contributed by atoms with Crippen LogP contribution in [0.3, 0.4) is 0 Å². The summed E-state index contributed by atoms with van der Waals surface area (Å²) in [6, 6.07) is 19.9. The third-order valence-corrected chi connectivity index (χ3v) is 6.29. The van der Waals surface area contributed by atoms with Gasteiger partial charge < -0.3 is 4.74 Å². The molecule has 31 heavy (non-hydrogen) atoms. The van der Waals surface area contributed by atoms with Gasteiger partial charge in [-0.15, -0.1) is 0 Å². The fourth-order valence-electron chi connectivity index (χ4n) is 3.36. The maximum Gasteiger partial charge on any atom is 0.265 e. The molecule has 0 bridgehead atoms. The molecule has 5 nitrogen and oxygen atoms in total. The van der Waals surface area contributed by atoms with Crippen molar-refractivity contribution in [3.05, 3.63) is 81.8 Å². The number of rotatable bonds is 4. The van der Waals surface area contributed by atoms with Crippen molar-refractivity contribution >= 4 is 61.9 Å². The molecule has 7 heteroatoms. The Hall–Kier alpha value is -3.03. The molecule has 0 unspecified atom stereocenters. The van der Waals surface area contributed by atoms with Crippen molar-refractivity contribution in [3.63, 3.8) is 0 Å². The number of halogens is 1. The SMILES string of the molecule is CN1C(=O)C(=Cc2ccc(OCc3ccc4ccccc4c3)c(Br)c2)C(=O)N(C)C1=S. The predicted molar refractivity (Wildman–Crippen MR) is 129 cm³/mol. The van der Waals surface area contributed by atoms with Gasteiger partial charge in [0.25, 0.3) is 11.8 Å². The minimum Gasteiger partial charge on any atom is -0.488 e. The smallest absolute Gasteiger partial charge is 0.265 e. The lowest BCUT2D eigenvalue weighted by Crippen LogP contribution is -2.52. The van der Waals surface area contributed by atoms with Crippen molar-refractivity contribution in [2.24, 2.45) is 0 Å². The Labute approximate surface area is 194 Å². The van der Waals surface area contributed by atoms with Gasteiger partial charge in [0, 0.05) is 14.1 Å². The molecule has 1 fully saturated rings. The number of nitrogens with zero attached hydrogens (tertiary/aromatic N) is 2. The van der Waals surface area contributed by atoms with Crippen LogP contribution in [-0.4, -0.2) is 40.8 Å². The Kier molecular flexibility index (Phi) is 5.89. The highest BCUT2D eigenvalue weighted by Crippen LogP contribution is 2.29. The van der Waals surface area contributed by atoms with E-state index in [9.17, 15) is 9.59 Å². The average molecular weight is 495 g/mol. The molecule has 0 radical (unpaired) electrons. The highest BCUT2D eigenvalue weighted by molar-refractivity contribution is 9.10. The summed E-state index contributed by atoms with van der Waals surface area (Å²) in [5, 5.41) is 2.54. The lowest BCUT2D eigenvalue weighted by molar-refractivity contribution is -0.132. The molecule has 0 aliphatic carbocycles. The van der Waals surface area contributed by atoms with Crippen molar-refractivity contribution in [1.29, 1.82) is 0 Å². The first-order valence-electron chi connectivity index (χ1n) is 9.57. The number of carbonyl (C=O) groups excluding carboxylic acids is 2. The van der Waals surface area contributed by atoms with E-state index >= 15 is 0 Å². The van der Waals surface area contributed by atoms with Crippen molar-refractivity contribution in [1.82, 2.24) is 9.80 Å². The van der Waals surface area contributed by atoms with E-state index in [0.29, 0.717) is 17.9 Å². The van der Waals surface area contributed by atoms with Gasteiger partial charge in [0.05, 0.1) is 4.47 Å². The number of amides is 2. The van der Waals surface area contributed by atoms with Crippen molar-refractivity contribution in [3.8, 4) is 5.75 Å². The van der Waals surface area contributed by atoms with Gasteiger partial charge in [-0.3, -0.25) is 19.4 Å². The van der Waals surface area contributed by atoms with Gasteiger partial charge in [-0.25, -0.2) is 0 Å². The van der Waals surface area contributed by atoms with Crippen LogP contribution in [0.25, 0.3) is 16.8 Å². The number of likely N-dealkylation sites (N-methyl/N-ethyl adjacent to an activating group) is 2. The summed E-state index contributed by atoms with van der Waals surface area (Å²) < 4.78 is 6.70. The molecule has 0 saturated carbocycles. The molecule has 3 aromatic rings. The normalized spacial score (nSPS) is 14.4. The van der Waals surface area contributed by atoms with Crippen LogP contribution < -0.4 is 4.74 Å². The molecule has 156 valence electrons. The monoisotopic (exact) mass is 494 g/mol. The third kappa shape index (κ3) is 4.24. The summed E-state index contributed by atoms with van der Waals surface area (Å²) in [7, 11) is 3.11. The first kappa shape index (κ1) is 21.2. The van der Waals surface area contributed by atoms with Crippen molar-refractivity contribution < 1.29 is 14.3 Å². The summed E-state index contributed by atoms with van der Waals surface area (Å²) in [4.78, 5) is 27.6. The number of fused-ring (bicyclic) bond motifs is 1. The van der Waals surface area contributed by atoms with Crippen LogP contribution in [0, 0.1) is 0 Å². The van der Waals surface area contributed by atoms with Crippen molar-refractivity contribution in [2.45, 2.75) is 6.61 Å². The van der Waals surface area contributed by atoms with E-state index in [4.69, 9.17) is 17.0 Å². The van der Waals surface area contributed by atoms with Gasteiger partial charge in [-0.05, 0) is 74.3 Å². The highest BCUT2D eigenvalue weighted by atomic mass is 79.9. The standard InChI is InChI=1S/C24H19BrN2O3S/c1-26-22(28)19(23(29)27(2)24(26)31)12-15-8-10-21(20(25)13-15)30-14-16-7-9-17-5-3-4-6-18(17)11-16/h3-13H,14H2,1-2H3. The molecular formula is C24H19BrN2O3S. The number of carbonyl (C=O) groups is 2. The highest BCUT2D eigenvalue weighted by Gasteiger charge is 2.35. The van der Waals surface area contributed by atoms with Crippen LogP contribution in [0.15, 0.2) is 70.7 Å². The number of hydrogen-bond acceptors (Lipinski definition) is 4. The Morgan fingerprint density at radius 3 is 2.29 bits per heavy atom. The van der Waals surface area contributed by atoms with Gasteiger partial charge in [0.2, 0.25) is 0 Å². The minimum absolute atomic E-state index is 0.0651. The van der Waals surface area contributed by atoms with Crippen LogP contribution in [0.5, 0.6) is 5.75 Å². The molecule has 0 N–H and O–H groups in total. The molecule has 0 aromatic heterocycles. The zero-order valence-electron chi connectivity index (χ0n) is 17.0. The number of thiocarbonyl (C=S) groups is 1. The van der Waals surface area contributed by atoms with E-state index in [0.717, 1.165) is 10.0 Å². The summed E-state index contributed by atoms with van der Waals surface area (Å²) >= 11 is 8.64. The van der Waals surface area contributed by atoms with E-state index in [1.54, 1.807) is 26.2 Å². The average Bonchev–Trinajstić information content (AvgIpc) is 2.78. The molecule has 2 amide bonds. The van der Waals surface area contributed by atoms with Gasteiger partial charge >= 0.3 is 0 Å². The zero-order chi connectivity index (χ0) is 22.1. The molecule has 1 saturated heterocycles. The summed E-state index contributed by atoms with van der Waals surface area (Å²) in [6.07, 6.45) is 1.57. The molecule has 1 aliphatic rings. The lowest BCUT2D eigenvalue weighted by atomic mass is 10.1. The fraction of sp³-hybridized carbons (Fsp3) is 0.125. The summed E-state index contributed by atoms with van der Waals surface area (Å²) in [5.41, 5.74) is 1.84. The minimum atomic E-state index is -0.416. The van der Waals surface area contributed by atoms with Gasteiger partial charge in [-0.1, -0.05) is 42.5 Å². The van der Waals surface area contributed by atoms with Gasteiger partial charge in [0.15, 0.2) is 5.11 Å². The van der Waals surface area contributed by atoms with E-state index < -0.39 is 11.8 Å². The van der Waals surface area contributed by atoms with E-state index in [1.165, 1.54) is 20.6 Å².